The number of benzene rings is 1. The van der Waals surface area contributed by atoms with Gasteiger partial charge in [-0.2, -0.15) is 0 Å². The molecule has 0 saturated carbocycles. The van der Waals surface area contributed by atoms with Gasteiger partial charge in [0.1, 0.15) is 5.01 Å². The van der Waals surface area contributed by atoms with E-state index in [2.05, 4.69) is 4.98 Å². The Labute approximate surface area is 106 Å². The molecule has 1 aromatic carbocycles. The Morgan fingerprint density at radius 1 is 1.35 bits per heavy atom. The van der Waals surface area contributed by atoms with E-state index in [0.29, 0.717) is 14.9 Å². The van der Waals surface area contributed by atoms with Crippen molar-refractivity contribution in [1.82, 2.24) is 4.98 Å². The molecule has 2 rings (SSSR count). The van der Waals surface area contributed by atoms with E-state index in [4.69, 9.17) is 16.7 Å². The molecule has 88 valence electrons. The number of halogens is 1. The molecule has 2 aromatic rings. The number of rotatable bonds is 3. The smallest absolute Gasteiger partial charge is 0.308 e. The number of thiazole rings is 1. The molecule has 0 unspecified atom stereocenters. The molecule has 0 radical (unpaired) electrons. The number of carbonyl (C=O) groups is 1. The highest BCUT2D eigenvalue weighted by Crippen LogP contribution is 2.32. The number of nitrogens with zero attached hydrogens (tertiary/aromatic N) is 1. The lowest BCUT2D eigenvalue weighted by molar-refractivity contribution is -0.136. The van der Waals surface area contributed by atoms with Gasteiger partial charge in [-0.3, -0.25) is 4.79 Å². The second-order valence-electron chi connectivity index (χ2n) is 3.34. The molecule has 0 bridgehead atoms. The monoisotopic (exact) mass is 269 g/mol. The predicted molar refractivity (Wildman–Crippen MR) is 65.6 cm³/mol. The van der Waals surface area contributed by atoms with Gasteiger partial charge in [0.15, 0.2) is 0 Å². The van der Waals surface area contributed by atoms with Crippen molar-refractivity contribution in [2.75, 3.05) is 0 Å². The minimum atomic E-state index is -0.994. The van der Waals surface area contributed by atoms with E-state index in [-0.39, 0.29) is 12.3 Å². The molecule has 1 aromatic heterocycles. The molecule has 0 aliphatic carbocycles. The summed E-state index contributed by atoms with van der Waals surface area (Å²) in [5.41, 5.74) is 0.798. The summed E-state index contributed by atoms with van der Waals surface area (Å²) in [6.07, 6.45) is -0.225. The van der Waals surface area contributed by atoms with E-state index < -0.39 is 5.97 Å². The van der Waals surface area contributed by atoms with Crippen LogP contribution in [0.25, 0.3) is 10.6 Å². The lowest BCUT2D eigenvalue weighted by atomic mass is 10.2. The topological polar surface area (TPSA) is 70.4 Å². The number of aromatic hydroxyl groups is 1. The fraction of sp³-hybridized carbons (Fsp3) is 0.0909. The van der Waals surface area contributed by atoms with Crippen LogP contribution in [-0.2, 0) is 11.2 Å². The van der Waals surface area contributed by atoms with Crippen molar-refractivity contribution in [2.24, 2.45) is 0 Å². The molecule has 0 saturated heterocycles. The number of carboxylic acids is 1. The van der Waals surface area contributed by atoms with Crippen LogP contribution in [0.2, 0.25) is 5.02 Å². The van der Waals surface area contributed by atoms with Crippen LogP contribution >= 0.6 is 22.9 Å². The molecule has 0 aliphatic rings. The Morgan fingerprint density at radius 2 is 2.00 bits per heavy atom. The summed E-state index contributed by atoms with van der Waals surface area (Å²) < 4.78 is 0. The number of aromatic nitrogens is 1. The van der Waals surface area contributed by atoms with E-state index in [0.717, 1.165) is 16.9 Å². The van der Waals surface area contributed by atoms with E-state index in [1.165, 1.54) is 0 Å². The van der Waals surface area contributed by atoms with Gasteiger partial charge in [0.2, 0.25) is 5.88 Å². The third-order valence-corrected chi connectivity index (χ3v) is 3.43. The molecule has 0 spiro atoms. The van der Waals surface area contributed by atoms with Crippen LogP contribution in [0.5, 0.6) is 5.88 Å². The molecule has 0 fully saturated rings. The quantitative estimate of drug-likeness (QED) is 0.899. The summed E-state index contributed by atoms with van der Waals surface area (Å²) in [4.78, 5) is 14.8. The first kappa shape index (κ1) is 11.9. The average Bonchev–Trinajstić information content (AvgIpc) is 2.60. The first-order valence-electron chi connectivity index (χ1n) is 4.72. The van der Waals surface area contributed by atoms with Crippen LogP contribution in [0.1, 0.15) is 4.88 Å². The third kappa shape index (κ3) is 2.75. The van der Waals surface area contributed by atoms with Gasteiger partial charge >= 0.3 is 5.97 Å². The Balaban J connectivity index is 2.34. The standard InChI is InChI=1S/C11H8ClNO3S/c12-7-3-1-6(2-4-7)11-13-10(16)8(17-11)5-9(14)15/h1-4,16H,5H2,(H,14,15). The molecule has 2 N–H and O–H groups in total. The van der Waals surface area contributed by atoms with E-state index in [1.54, 1.807) is 24.3 Å². The van der Waals surface area contributed by atoms with Gasteiger partial charge in [0, 0.05) is 10.6 Å². The third-order valence-electron chi connectivity index (χ3n) is 2.08. The Hall–Kier alpha value is -1.59. The van der Waals surface area contributed by atoms with Crippen molar-refractivity contribution in [3.63, 3.8) is 0 Å². The molecule has 17 heavy (non-hydrogen) atoms. The van der Waals surface area contributed by atoms with Gasteiger partial charge in [-0.15, -0.1) is 11.3 Å². The van der Waals surface area contributed by atoms with Crippen molar-refractivity contribution in [3.05, 3.63) is 34.2 Å². The largest absolute Gasteiger partial charge is 0.492 e. The summed E-state index contributed by atoms with van der Waals surface area (Å²) in [7, 11) is 0. The van der Waals surface area contributed by atoms with Gasteiger partial charge in [-0.05, 0) is 12.1 Å². The number of hydrogen-bond donors (Lipinski definition) is 2. The van der Waals surface area contributed by atoms with Crippen molar-refractivity contribution in [1.29, 1.82) is 0 Å². The number of aliphatic carboxylic acids is 1. The summed E-state index contributed by atoms with van der Waals surface area (Å²) in [6.45, 7) is 0. The molecule has 6 heteroatoms. The van der Waals surface area contributed by atoms with Gasteiger partial charge in [0.25, 0.3) is 0 Å². The Kier molecular flexibility index (Phi) is 3.31. The van der Waals surface area contributed by atoms with Gasteiger partial charge in [-0.25, -0.2) is 4.98 Å². The second kappa shape index (κ2) is 4.73. The van der Waals surface area contributed by atoms with E-state index >= 15 is 0 Å². The maximum atomic E-state index is 10.6. The van der Waals surface area contributed by atoms with Crippen LogP contribution in [0.4, 0.5) is 0 Å². The SMILES string of the molecule is O=C(O)Cc1sc(-c2ccc(Cl)cc2)nc1O. The van der Waals surface area contributed by atoms with E-state index in [9.17, 15) is 9.90 Å². The molecule has 1 heterocycles. The van der Waals surface area contributed by atoms with Crippen LogP contribution in [0.3, 0.4) is 0 Å². The highest BCUT2D eigenvalue weighted by molar-refractivity contribution is 7.15. The van der Waals surface area contributed by atoms with Crippen molar-refractivity contribution >= 4 is 28.9 Å². The first-order chi connectivity index (χ1) is 8.06. The van der Waals surface area contributed by atoms with Crippen LogP contribution in [0.15, 0.2) is 24.3 Å². The van der Waals surface area contributed by atoms with Crippen LogP contribution < -0.4 is 0 Å². The van der Waals surface area contributed by atoms with Crippen molar-refractivity contribution in [3.8, 4) is 16.5 Å². The van der Waals surface area contributed by atoms with Crippen molar-refractivity contribution in [2.45, 2.75) is 6.42 Å². The lowest BCUT2D eigenvalue weighted by Crippen LogP contribution is -1.97. The maximum Gasteiger partial charge on any atom is 0.308 e. The molecule has 4 nitrogen and oxygen atoms in total. The minimum absolute atomic E-state index is 0.220. The average molecular weight is 270 g/mol. The minimum Gasteiger partial charge on any atom is -0.492 e. The number of hydrogen-bond acceptors (Lipinski definition) is 4. The van der Waals surface area contributed by atoms with Crippen molar-refractivity contribution < 1.29 is 15.0 Å². The molecular formula is C11H8ClNO3S. The zero-order valence-corrected chi connectivity index (χ0v) is 10.1. The highest BCUT2D eigenvalue weighted by Gasteiger charge is 2.14. The summed E-state index contributed by atoms with van der Waals surface area (Å²) in [5.74, 6) is -1.21. The molecule has 0 aliphatic heterocycles. The summed E-state index contributed by atoms with van der Waals surface area (Å²) in [5, 5.41) is 19.4. The Morgan fingerprint density at radius 3 is 2.59 bits per heavy atom. The summed E-state index contributed by atoms with van der Waals surface area (Å²) >= 11 is 6.92. The second-order valence-corrected chi connectivity index (χ2v) is 4.86. The van der Waals surface area contributed by atoms with Crippen LogP contribution in [0, 0.1) is 0 Å². The fourth-order valence-corrected chi connectivity index (χ4v) is 2.39. The number of carboxylic acid groups (broad SMARTS) is 1. The highest BCUT2D eigenvalue weighted by atomic mass is 35.5. The van der Waals surface area contributed by atoms with Crippen LogP contribution in [-0.4, -0.2) is 21.2 Å². The fourth-order valence-electron chi connectivity index (χ4n) is 1.31. The zero-order valence-electron chi connectivity index (χ0n) is 8.55. The summed E-state index contributed by atoms with van der Waals surface area (Å²) in [6, 6.07) is 6.97. The first-order valence-corrected chi connectivity index (χ1v) is 5.92. The van der Waals surface area contributed by atoms with E-state index in [1.807, 2.05) is 0 Å². The molecule has 0 amide bonds. The Bertz CT molecular complexity index is 550. The predicted octanol–water partition coefficient (Wildman–Crippen LogP) is 2.80. The van der Waals surface area contributed by atoms with Gasteiger partial charge in [-0.1, -0.05) is 23.7 Å². The maximum absolute atomic E-state index is 10.6. The molecular weight excluding hydrogens is 262 g/mol. The zero-order chi connectivity index (χ0) is 12.4. The molecule has 0 atom stereocenters. The normalized spacial score (nSPS) is 10.4. The lowest BCUT2D eigenvalue weighted by Gasteiger charge is -1.94. The van der Waals surface area contributed by atoms with Gasteiger partial charge < -0.3 is 10.2 Å². The van der Waals surface area contributed by atoms with Gasteiger partial charge in [0.05, 0.1) is 11.3 Å².